The molecule has 0 spiro atoms. The summed E-state index contributed by atoms with van der Waals surface area (Å²) < 4.78 is 5.25. The van der Waals surface area contributed by atoms with Gasteiger partial charge in [0.2, 0.25) is 11.8 Å². The number of carbonyl (C=O) groups excluding carboxylic acids is 3. The van der Waals surface area contributed by atoms with Crippen molar-refractivity contribution in [1.82, 2.24) is 15.6 Å². The topological polar surface area (TPSA) is 123 Å². The SMILES string of the molecule is CC(C)C[C@H](NC(=O)OCc1ccccc1)C(=O)N[C@H](Cc1ccc2ccccc2n1)C(N)=O. The second-order valence-electron chi connectivity index (χ2n) is 8.55. The molecule has 0 aliphatic carbocycles. The van der Waals surface area contributed by atoms with Gasteiger partial charge in [0.25, 0.3) is 0 Å². The molecule has 0 saturated carbocycles. The van der Waals surface area contributed by atoms with Crippen molar-refractivity contribution >= 4 is 28.8 Å². The summed E-state index contributed by atoms with van der Waals surface area (Å²) in [6.45, 7) is 3.95. The van der Waals surface area contributed by atoms with E-state index in [-0.39, 0.29) is 18.9 Å². The van der Waals surface area contributed by atoms with Gasteiger partial charge < -0.3 is 21.1 Å². The molecule has 0 radical (unpaired) electrons. The number of alkyl carbamates (subject to hydrolysis) is 1. The summed E-state index contributed by atoms with van der Waals surface area (Å²) in [5, 5.41) is 6.26. The summed E-state index contributed by atoms with van der Waals surface area (Å²) >= 11 is 0. The van der Waals surface area contributed by atoms with E-state index in [4.69, 9.17) is 10.5 Å². The first kappa shape index (κ1) is 24.7. The second-order valence-corrected chi connectivity index (χ2v) is 8.55. The largest absolute Gasteiger partial charge is 0.445 e. The van der Waals surface area contributed by atoms with Crippen LogP contribution in [0.4, 0.5) is 4.79 Å². The third kappa shape index (κ3) is 7.30. The van der Waals surface area contributed by atoms with Crippen LogP contribution in [0.25, 0.3) is 10.9 Å². The number of ether oxygens (including phenoxy) is 1. The molecule has 8 nitrogen and oxygen atoms in total. The highest BCUT2D eigenvalue weighted by Crippen LogP contribution is 2.13. The van der Waals surface area contributed by atoms with Crippen LogP contribution in [-0.4, -0.2) is 35.0 Å². The van der Waals surface area contributed by atoms with Gasteiger partial charge in [0.05, 0.1) is 5.52 Å². The number of nitrogens with one attached hydrogen (secondary N) is 2. The van der Waals surface area contributed by atoms with Crippen molar-refractivity contribution in [2.45, 2.75) is 45.4 Å². The van der Waals surface area contributed by atoms with Crippen LogP contribution in [0.1, 0.15) is 31.5 Å². The van der Waals surface area contributed by atoms with Crippen LogP contribution < -0.4 is 16.4 Å². The van der Waals surface area contributed by atoms with E-state index in [0.717, 1.165) is 16.5 Å². The van der Waals surface area contributed by atoms with Crippen molar-refractivity contribution in [2.24, 2.45) is 11.7 Å². The van der Waals surface area contributed by atoms with Gasteiger partial charge in [-0.3, -0.25) is 14.6 Å². The van der Waals surface area contributed by atoms with Gasteiger partial charge in [0.15, 0.2) is 0 Å². The van der Waals surface area contributed by atoms with Gasteiger partial charge in [-0.1, -0.05) is 68.4 Å². The van der Waals surface area contributed by atoms with Crippen LogP contribution in [-0.2, 0) is 27.4 Å². The predicted octanol–water partition coefficient (Wildman–Crippen LogP) is 3.09. The van der Waals surface area contributed by atoms with Gasteiger partial charge in [-0.25, -0.2) is 4.79 Å². The Bertz CT molecular complexity index is 1130. The van der Waals surface area contributed by atoms with Gasteiger partial charge in [0.1, 0.15) is 18.7 Å². The number of pyridine rings is 1. The number of nitrogens with two attached hydrogens (primary N) is 1. The zero-order valence-corrected chi connectivity index (χ0v) is 19.4. The average molecular weight is 463 g/mol. The molecule has 0 unspecified atom stereocenters. The van der Waals surface area contributed by atoms with E-state index in [0.29, 0.717) is 12.1 Å². The molecule has 2 atom stereocenters. The van der Waals surface area contributed by atoms with Crippen molar-refractivity contribution in [3.05, 3.63) is 78.0 Å². The third-order valence-corrected chi connectivity index (χ3v) is 5.26. The van der Waals surface area contributed by atoms with Gasteiger partial charge in [-0.05, 0) is 30.0 Å². The molecule has 8 heteroatoms. The Morgan fingerprint density at radius 2 is 1.62 bits per heavy atom. The normalized spacial score (nSPS) is 12.7. The van der Waals surface area contributed by atoms with E-state index >= 15 is 0 Å². The van der Waals surface area contributed by atoms with E-state index < -0.39 is 30.0 Å². The van der Waals surface area contributed by atoms with Crippen molar-refractivity contribution in [2.75, 3.05) is 0 Å². The van der Waals surface area contributed by atoms with Crippen molar-refractivity contribution in [3.8, 4) is 0 Å². The van der Waals surface area contributed by atoms with Crippen molar-refractivity contribution in [3.63, 3.8) is 0 Å². The zero-order valence-electron chi connectivity index (χ0n) is 19.4. The highest BCUT2D eigenvalue weighted by atomic mass is 16.5. The number of aromatic nitrogens is 1. The molecule has 0 bridgehead atoms. The molecular weight excluding hydrogens is 432 g/mol. The number of benzene rings is 2. The van der Waals surface area contributed by atoms with E-state index in [1.807, 2.05) is 74.5 Å². The van der Waals surface area contributed by atoms with E-state index in [2.05, 4.69) is 15.6 Å². The fourth-order valence-electron chi connectivity index (χ4n) is 3.54. The van der Waals surface area contributed by atoms with Crippen LogP contribution in [0, 0.1) is 5.92 Å². The number of carbonyl (C=O) groups is 3. The van der Waals surface area contributed by atoms with Crippen molar-refractivity contribution < 1.29 is 19.1 Å². The summed E-state index contributed by atoms with van der Waals surface area (Å²) in [4.78, 5) is 42.0. The molecule has 3 amide bonds. The molecule has 3 rings (SSSR count). The Kier molecular flexibility index (Phi) is 8.56. The molecule has 0 aliphatic heterocycles. The highest BCUT2D eigenvalue weighted by Gasteiger charge is 2.27. The van der Waals surface area contributed by atoms with Gasteiger partial charge >= 0.3 is 6.09 Å². The Morgan fingerprint density at radius 3 is 2.32 bits per heavy atom. The van der Waals surface area contributed by atoms with Crippen LogP contribution in [0.15, 0.2) is 66.7 Å². The Hall–Kier alpha value is -3.94. The predicted molar refractivity (Wildman–Crippen MR) is 130 cm³/mol. The number of para-hydroxylation sites is 1. The summed E-state index contributed by atoms with van der Waals surface area (Å²) in [5.41, 5.74) is 7.81. The molecular formula is C26H30N4O4. The average Bonchev–Trinajstić information content (AvgIpc) is 2.82. The van der Waals surface area contributed by atoms with Gasteiger partial charge in [-0.15, -0.1) is 0 Å². The van der Waals surface area contributed by atoms with Crippen molar-refractivity contribution in [1.29, 1.82) is 0 Å². The first-order valence-corrected chi connectivity index (χ1v) is 11.2. The molecule has 0 aliphatic rings. The molecule has 4 N–H and O–H groups in total. The molecule has 34 heavy (non-hydrogen) atoms. The lowest BCUT2D eigenvalue weighted by Crippen LogP contribution is -2.54. The van der Waals surface area contributed by atoms with E-state index in [1.54, 1.807) is 6.07 Å². The first-order chi connectivity index (χ1) is 16.3. The fourth-order valence-corrected chi connectivity index (χ4v) is 3.54. The number of hydrogen-bond acceptors (Lipinski definition) is 5. The minimum Gasteiger partial charge on any atom is -0.445 e. The van der Waals surface area contributed by atoms with Crippen LogP contribution >= 0.6 is 0 Å². The van der Waals surface area contributed by atoms with Crippen LogP contribution in [0.2, 0.25) is 0 Å². The molecule has 0 fully saturated rings. The lowest BCUT2D eigenvalue weighted by molar-refractivity contribution is -0.128. The molecule has 2 aromatic carbocycles. The quantitative estimate of drug-likeness (QED) is 0.427. The Morgan fingerprint density at radius 1 is 0.912 bits per heavy atom. The lowest BCUT2D eigenvalue weighted by atomic mass is 10.0. The van der Waals surface area contributed by atoms with E-state index in [1.165, 1.54) is 0 Å². The number of primary amides is 1. The monoisotopic (exact) mass is 462 g/mol. The third-order valence-electron chi connectivity index (χ3n) is 5.26. The lowest BCUT2D eigenvalue weighted by Gasteiger charge is -2.23. The summed E-state index contributed by atoms with van der Waals surface area (Å²) in [7, 11) is 0. The molecule has 1 aromatic heterocycles. The number of hydrogen-bond donors (Lipinski definition) is 3. The maximum absolute atomic E-state index is 13.0. The van der Waals surface area contributed by atoms with Crippen LogP contribution in [0.5, 0.6) is 0 Å². The van der Waals surface area contributed by atoms with Gasteiger partial charge in [-0.2, -0.15) is 0 Å². The second kappa shape index (κ2) is 11.8. The zero-order chi connectivity index (χ0) is 24.5. The fraction of sp³-hybridized carbons (Fsp3) is 0.308. The van der Waals surface area contributed by atoms with Crippen LogP contribution in [0.3, 0.4) is 0 Å². The Balaban J connectivity index is 1.64. The van der Waals surface area contributed by atoms with E-state index in [9.17, 15) is 14.4 Å². The standard InChI is InChI=1S/C26H30N4O4/c1-17(2)14-23(30-26(33)34-16-18-8-4-3-5-9-18)25(32)29-22(24(27)31)15-20-13-12-19-10-6-7-11-21(19)28-20/h3-13,17,22-23H,14-16H2,1-2H3,(H2,27,31)(H,29,32)(H,30,33)/t22-,23+/m1/s1. The minimum absolute atomic E-state index is 0.0836. The Labute approximate surface area is 198 Å². The molecule has 1 heterocycles. The molecule has 178 valence electrons. The number of nitrogens with zero attached hydrogens (tertiary/aromatic N) is 1. The first-order valence-electron chi connectivity index (χ1n) is 11.2. The highest BCUT2D eigenvalue weighted by molar-refractivity contribution is 5.91. The maximum atomic E-state index is 13.0. The number of fused-ring (bicyclic) bond motifs is 1. The number of rotatable bonds is 10. The smallest absolute Gasteiger partial charge is 0.408 e. The summed E-state index contributed by atoms with van der Waals surface area (Å²) in [6.07, 6.45) is -0.207. The number of amides is 3. The molecule has 0 saturated heterocycles. The minimum atomic E-state index is -0.974. The maximum Gasteiger partial charge on any atom is 0.408 e. The molecule has 3 aromatic rings. The van der Waals surface area contributed by atoms with Gasteiger partial charge in [0, 0.05) is 17.5 Å². The summed E-state index contributed by atoms with van der Waals surface area (Å²) in [6, 6.07) is 18.7. The summed E-state index contributed by atoms with van der Waals surface area (Å²) in [5.74, 6) is -1.08.